The first-order valence-electron chi connectivity index (χ1n) is 11.0. The molecule has 200 valence electrons. The largest absolute Gasteiger partial charge is 0.493 e. The summed E-state index contributed by atoms with van der Waals surface area (Å²) in [5.41, 5.74) is 1.52. The zero-order valence-electron chi connectivity index (χ0n) is 21.6. The molecular weight excluding hydrogens is 517 g/mol. The average Bonchev–Trinajstić information content (AvgIpc) is 3.54. The van der Waals surface area contributed by atoms with E-state index in [9.17, 15) is 14.0 Å². The summed E-state index contributed by atoms with van der Waals surface area (Å²) in [5.74, 6) is 0.908. The maximum atomic E-state index is 13.2. The van der Waals surface area contributed by atoms with Crippen LogP contribution in [0.15, 0.2) is 40.9 Å². The fourth-order valence-corrected chi connectivity index (χ4v) is 3.94. The van der Waals surface area contributed by atoms with E-state index < -0.39 is 5.91 Å². The van der Waals surface area contributed by atoms with Gasteiger partial charge in [-0.3, -0.25) is 14.9 Å². The molecule has 0 bridgehead atoms. The van der Waals surface area contributed by atoms with Crippen LogP contribution in [0.25, 0.3) is 22.2 Å². The van der Waals surface area contributed by atoms with Gasteiger partial charge in [0.2, 0.25) is 18.0 Å². The Morgan fingerprint density at radius 1 is 1.05 bits per heavy atom. The Hall–Kier alpha value is -4.52. The smallest absolute Gasteiger partial charge is 0.270 e. The Kier molecular flexibility index (Phi) is 9.33. The minimum absolute atomic E-state index is 0.248. The number of ether oxygens (including phenoxy) is 3. The highest BCUT2D eigenvalue weighted by molar-refractivity contribution is 7.19. The number of amides is 2. The number of benzene rings is 2. The molecule has 0 saturated heterocycles. The van der Waals surface area contributed by atoms with Crippen LogP contribution in [0.4, 0.5) is 9.52 Å². The summed E-state index contributed by atoms with van der Waals surface area (Å²) < 4.78 is 34.4. The monoisotopic (exact) mass is 543 g/mol. The van der Waals surface area contributed by atoms with E-state index in [1.165, 1.54) is 49.7 Å². The summed E-state index contributed by atoms with van der Waals surface area (Å²) in [5, 5.41) is 7.06. The standard InChI is InChI=1S/C22H19FN4O5S.C3H7NO/c1-11-18(21-25-19(27-32-21)12-5-7-14(23)8-6-12)33-22(24-11)26-20(28)13-9-15(29-2)17(31-4)16(10-13)30-3;1-4(2)3-5/h5-10H,1-4H3,(H,24,26,28);3H,1-2H3. The van der Waals surface area contributed by atoms with Crippen LogP contribution in [-0.2, 0) is 4.79 Å². The summed E-state index contributed by atoms with van der Waals surface area (Å²) >= 11 is 1.19. The summed E-state index contributed by atoms with van der Waals surface area (Å²) in [6, 6.07) is 8.86. The van der Waals surface area contributed by atoms with Gasteiger partial charge in [-0.05, 0) is 43.3 Å². The molecule has 0 atom stereocenters. The number of aryl methyl sites for hydroxylation is 1. The van der Waals surface area contributed by atoms with Gasteiger partial charge in [-0.2, -0.15) is 4.98 Å². The number of hydrogen-bond acceptors (Lipinski definition) is 10. The van der Waals surface area contributed by atoms with E-state index in [1.807, 2.05) is 0 Å². The number of halogens is 1. The molecule has 2 aromatic carbocycles. The Morgan fingerprint density at radius 3 is 2.18 bits per heavy atom. The molecule has 4 rings (SSSR count). The average molecular weight is 544 g/mol. The van der Waals surface area contributed by atoms with E-state index in [0.29, 0.717) is 49.9 Å². The van der Waals surface area contributed by atoms with Crippen LogP contribution in [0.2, 0.25) is 0 Å². The summed E-state index contributed by atoms with van der Waals surface area (Å²) in [7, 11) is 7.80. The van der Waals surface area contributed by atoms with Crippen LogP contribution in [0.1, 0.15) is 16.1 Å². The fourth-order valence-electron chi connectivity index (χ4n) is 3.06. The van der Waals surface area contributed by atoms with Crippen molar-refractivity contribution in [2.75, 3.05) is 40.7 Å². The highest BCUT2D eigenvalue weighted by Crippen LogP contribution is 2.39. The van der Waals surface area contributed by atoms with Gasteiger partial charge in [0, 0.05) is 25.2 Å². The van der Waals surface area contributed by atoms with Gasteiger partial charge < -0.3 is 23.6 Å². The van der Waals surface area contributed by atoms with Gasteiger partial charge in [-0.25, -0.2) is 9.37 Å². The molecule has 0 fully saturated rings. The fraction of sp³-hybridized carbons (Fsp3) is 0.240. The number of aromatic nitrogens is 3. The Bertz CT molecular complexity index is 1380. The number of carbonyl (C=O) groups excluding carboxylic acids is 2. The maximum Gasteiger partial charge on any atom is 0.270 e. The van der Waals surface area contributed by atoms with E-state index in [0.717, 1.165) is 6.41 Å². The second kappa shape index (κ2) is 12.6. The number of anilines is 1. The molecule has 0 saturated carbocycles. The van der Waals surface area contributed by atoms with E-state index in [2.05, 4.69) is 20.4 Å². The Labute approximate surface area is 222 Å². The molecule has 4 aromatic rings. The van der Waals surface area contributed by atoms with Gasteiger partial charge in [-0.15, -0.1) is 0 Å². The maximum absolute atomic E-state index is 13.2. The number of nitrogens with one attached hydrogen (secondary N) is 1. The SMILES string of the molecule is CN(C)C=O.COc1cc(C(=O)Nc2nc(C)c(-c3nc(-c4ccc(F)cc4)no3)s2)cc(OC)c1OC. The van der Waals surface area contributed by atoms with Crippen molar-refractivity contribution in [3.63, 3.8) is 0 Å². The van der Waals surface area contributed by atoms with Gasteiger partial charge in [0.25, 0.3) is 11.8 Å². The number of hydrogen-bond donors (Lipinski definition) is 1. The quantitative estimate of drug-likeness (QED) is 0.324. The third-order valence-corrected chi connectivity index (χ3v) is 5.94. The van der Waals surface area contributed by atoms with Crippen molar-refractivity contribution in [1.29, 1.82) is 0 Å². The third-order valence-electron chi connectivity index (χ3n) is 4.88. The van der Waals surface area contributed by atoms with Crippen LogP contribution in [-0.4, -0.2) is 67.8 Å². The number of thiazole rings is 1. The molecule has 0 aliphatic heterocycles. The van der Waals surface area contributed by atoms with Crippen molar-refractivity contribution in [2.24, 2.45) is 0 Å². The molecule has 13 heteroatoms. The van der Waals surface area contributed by atoms with Gasteiger partial charge in [0.15, 0.2) is 16.6 Å². The first-order valence-corrected chi connectivity index (χ1v) is 11.8. The molecular formula is C25H26FN5O6S. The van der Waals surface area contributed by atoms with Crippen molar-refractivity contribution in [3.8, 4) is 39.4 Å². The lowest BCUT2D eigenvalue weighted by Crippen LogP contribution is -2.12. The topological polar surface area (TPSA) is 129 Å². The molecule has 38 heavy (non-hydrogen) atoms. The minimum Gasteiger partial charge on any atom is -0.493 e. The van der Waals surface area contributed by atoms with Gasteiger partial charge in [0.05, 0.1) is 27.0 Å². The number of rotatable bonds is 8. The predicted molar refractivity (Wildman–Crippen MR) is 139 cm³/mol. The summed E-state index contributed by atoms with van der Waals surface area (Å²) in [6.07, 6.45) is 0.750. The summed E-state index contributed by atoms with van der Waals surface area (Å²) in [6.45, 7) is 1.77. The van der Waals surface area contributed by atoms with Gasteiger partial charge in [-0.1, -0.05) is 16.5 Å². The Morgan fingerprint density at radius 2 is 1.66 bits per heavy atom. The van der Waals surface area contributed by atoms with Crippen molar-refractivity contribution in [1.82, 2.24) is 20.0 Å². The zero-order valence-corrected chi connectivity index (χ0v) is 22.4. The lowest BCUT2D eigenvalue weighted by atomic mass is 10.1. The molecule has 0 unspecified atom stereocenters. The van der Waals surface area contributed by atoms with Crippen LogP contribution in [0.5, 0.6) is 17.2 Å². The van der Waals surface area contributed by atoms with E-state index in [4.69, 9.17) is 18.7 Å². The van der Waals surface area contributed by atoms with Crippen molar-refractivity contribution >= 4 is 28.8 Å². The number of carbonyl (C=O) groups is 2. The second-order valence-corrected chi connectivity index (χ2v) is 8.80. The molecule has 1 N–H and O–H groups in total. The number of nitrogens with zero attached hydrogens (tertiary/aromatic N) is 4. The van der Waals surface area contributed by atoms with Crippen molar-refractivity contribution in [2.45, 2.75) is 6.92 Å². The zero-order chi connectivity index (χ0) is 27.8. The first-order chi connectivity index (χ1) is 18.2. The highest BCUT2D eigenvalue weighted by atomic mass is 32.1. The lowest BCUT2D eigenvalue weighted by Gasteiger charge is -2.13. The molecule has 2 amide bonds. The summed E-state index contributed by atoms with van der Waals surface area (Å²) in [4.78, 5) is 33.1. The first kappa shape index (κ1) is 28.1. The molecule has 11 nitrogen and oxygen atoms in total. The van der Waals surface area contributed by atoms with E-state index >= 15 is 0 Å². The van der Waals surface area contributed by atoms with Crippen molar-refractivity contribution in [3.05, 3.63) is 53.5 Å². The van der Waals surface area contributed by atoms with Gasteiger partial charge >= 0.3 is 0 Å². The van der Waals surface area contributed by atoms with Crippen LogP contribution in [0.3, 0.4) is 0 Å². The predicted octanol–water partition coefficient (Wildman–Crippen LogP) is 4.29. The molecule has 0 aliphatic carbocycles. The van der Waals surface area contributed by atoms with Crippen LogP contribution < -0.4 is 19.5 Å². The molecule has 2 aromatic heterocycles. The second-order valence-electron chi connectivity index (χ2n) is 7.80. The van der Waals surface area contributed by atoms with Crippen molar-refractivity contribution < 1.29 is 32.7 Å². The molecule has 0 spiro atoms. The minimum atomic E-state index is -0.410. The van der Waals surface area contributed by atoms with Crippen LogP contribution >= 0.6 is 11.3 Å². The van der Waals surface area contributed by atoms with Gasteiger partial charge in [0.1, 0.15) is 10.7 Å². The lowest BCUT2D eigenvalue weighted by molar-refractivity contribution is -0.115. The molecule has 2 heterocycles. The normalized spacial score (nSPS) is 10.2. The highest BCUT2D eigenvalue weighted by Gasteiger charge is 2.21. The van der Waals surface area contributed by atoms with E-state index in [-0.39, 0.29) is 11.7 Å². The van der Waals surface area contributed by atoms with Crippen LogP contribution in [0, 0.1) is 12.7 Å². The van der Waals surface area contributed by atoms with E-state index in [1.54, 1.807) is 45.3 Å². The Balaban J connectivity index is 0.000000732. The molecule has 0 aliphatic rings. The molecule has 0 radical (unpaired) electrons. The third kappa shape index (κ3) is 6.62. The number of methoxy groups -OCH3 is 3.